The van der Waals surface area contributed by atoms with Crippen molar-refractivity contribution in [2.24, 2.45) is 0 Å². The molecule has 0 spiro atoms. The first-order valence-corrected chi connectivity index (χ1v) is 4.62. The van der Waals surface area contributed by atoms with Crippen molar-refractivity contribution in [1.82, 2.24) is 5.32 Å². The Morgan fingerprint density at radius 1 is 1.09 bits per heavy atom. The molecule has 0 rings (SSSR count). The number of rotatable bonds is 5. The molecule has 1 heteroatoms. The summed E-state index contributed by atoms with van der Waals surface area (Å²) in [4.78, 5) is 0. The molecule has 0 aromatic carbocycles. The largest absolute Gasteiger partial charge is 0.391 e. The van der Waals surface area contributed by atoms with Crippen molar-refractivity contribution in [2.75, 3.05) is 7.05 Å². The quantitative estimate of drug-likeness (QED) is 0.643. The summed E-state index contributed by atoms with van der Waals surface area (Å²) in [5.41, 5.74) is 2.96. The van der Waals surface area contributed by atoms with Crippen LogP contribution in [0.1, 0.15) is 46.5 Å². The summed E-state index contributed by atoms with van der Waals surface area (Å²) in [5, 5.41) is 3.27. The molecular formula is C10H21N. The van der Waals surface area contributed by atoms with Gasteiger partial charge in [-0.2, -0.15) is 0 Å². The minimum absolute atomic E-state index is 1.20. The van der Waals surface area contributed by atoms with E-state index >= 15 is 0 Å². The van der Waals surface area contributed by atoms with Crippen LogP contribution in [0.2, 0.25) is 0 Å². The van der Waals surface area contributed by atoms with E-state index in [-0.39, 0.29) is 0 Å². The average molecular weight is 155 g/mol. The Hall–Kier alpha value is -0.460. The van der Waals surface area contributed by atoms with Crippen molar-refractivity contribution in [3.8, 4) is 0 Å². The summed E-state index contributed by atoms with van der Waals surface area (Å²) in [6.07, 6.45) is 4.91. The van der Waals surface area contributed by atoms with Crippen LogP contribution in [0.3, 0.4) is 0 Å². The molecule has 66 valence electrons. The molecule has 0 fully saturated rings. The first-order valence-electron chi connectivity index (χ1n) is 4.62. The second-order valence-electron chi connectivity index (χ2n) is 3.01. The normalized spacial score (nSPS) is 12.7. The average Bonchev–Trinajstić information content (AvgIpc) is 2.00. The summed E-state index contributed by atoms with van der Waals surface area (Å²) >= 11 is 0. The minimum Gasteiger partial charge on any atom is -0.391 e. The first-order chi connectivity index (χ1) is 5.26. The summed E-state index contributed by atoms with van der Waals surface area (Å²) in [5.74, 6) is 0. The van der Waals surface area contributed by atoms with Crippen molar-refractivity contribution in [1.29, 1.82) is 0 Å². The van der Waals surface area contributed by atoms with E-state index in [2.05, 4.69) is 26.1 Å². The first kappa shape index (κ1) is 10.5. The van der Waals surface area contributed by atoms with Crippen LogP contribution in [0, 0.1) is 0 Å². The summed E-state index contributed by atoms with van der Waals surface area (Å²) in [6.45, 7) is 6.67. The Morgan fingerprint density at radius 2 is 1.64 bits per heavy atom. The van der Waals surface area contributed by atoms with Crippen LogP contribution in [0.5, 0.6) is 0 Å². The zero-order chi connectivity index (χ0) is 8.69. The summed E-state index contributed by atoms with van der Waals surface area (Å²) in [7, 11) is 2.02. The van der Waals surface area contributed by atoms with E-state index < -0.39 is 0 Å². The fraction of sp³-hybridized carbons (Fsp3) is 0.800. The molecule has 0 aliphatic rings. The van der Waals surface area contributed by atoms with Crippen LogP contribution >= 0.6 is 0 Å². The highest BCUT2D eigenvalue weighted by Crippen LogP contribution is 2.12. The Bertz CT molecular complexity index is 125. The molecule has 0 aliphatic heterocycles. The van der Waals surface area contributed by atoms with E-state index in [1.54, 1.807) is 0 Å². The number of allylic oxidation sites excluding steroid dienone is 2. The molecule has 0 saturated heterocycles. The minimum atomic E-state index is 1.20. The molecule has 1 nitrogen and oxygen atoms in total. The van der Waals surface area contributed by atoms with Gasteiger partial charge in [0.15, 0.2) is 0 Å². The van der Waals surface area contributed by atoms with Gasteiger partial charge in [-0.1, -0.05) is 32.3 Å². The number of nitrogens with one attached hydrogen (secondary N) is 1. The van der Waals surface area contributed by atoms with E-state index in [0.29, 0.717) is 0 Å². The van der Waals surface area contributed by atoms with Gasteiger partial charge >= 0.3 is 0 Å². The highest BCUT2D eigenvalue weighted by molar-refractivity contribution is 5.09. The predicted molar refractivity (Wildman–Crippen MR) is 51.6 cm³/mol. The maximum absolute atomic E-state index is 3.27. The molecule has 0 aliphatic carbocycles. The fourth-order valence-corrected chi connectivity index (χ4v) is 1.33. The predicted octanol–water partition coefficient (Wildman–Crippen LogP) is 3.08. The van der Waals surface area contributed by atoms with Gasteiger partial charge in [0, 0.05) is 12.7 Å². The molecular weight excluding hydrogens is 134 g/mol. The van der Waals surface area contributed by atoms with Crippen LogP contribution in [0.4, 0.5) is 0 Å². The van der Waals surface area contributed by atoms with Gasteiger partial charge in [-0.3, -0.25) is 0 Å². The Labute approximate surface area is 70.9 Å². The lowest BCUT2D eigenvalue weighted by Crippen LogP contribution is -2.07. The topological polar surface area (TPSA) is 12.0 Å². The Kier molecular flexibility index (Phi) is 6.00. The van der Waals surface area contributed by atoms with E-state index in [4.69, 9.17) is 0 Å². The molecule has 0 saturated carbocycles. The Morgan fingerprint density at radius 3 is 2.00 bits per heavy atom. The molecule has 11 heavy (non-hydrogen) atoms. The third-order valence-electron chi connectivity index (χ3n) is 1.94. The highest BCUT2D eigenvalue weighted by Gasteiger charge is 1.97. The van der Waals surface area contributed by atoms with E-state index in [1.807, 2.05) is 7.05 Å². The van der Waals surface area contributed by atoms with Gasteiger partial charge in [-0.15, -0.1) is 0 Å². The number of hydrogen-bond acceptors (Lipinski definition) is 1. The second-order valence-corrected chi connectivity index (χ2v) is 3.01. The molecule has 0 atom stereocenters. The van der Waals surface area contributed by atoms with Crippen molar-refractivity contribution >= 4 is 0 Å². The molecule has 0 aromatic heterocycles. The van der Waals surface area contributed by atoms with E-state index in [9.17, 15) is 0 Å². The van der Waals surface area contributed by atoms with Gasteiger partial charge in [0.2, 0.25) is 0 Å². The van der Waals surface area contributed by atoms with Crippen LogP contribution in [0.15, 0.2) is 11.3 Å². The van der Waals surface area contributed by atoms with Crippen molar-refractivity contribution in [2.45, 2.75) is 46.5 Å². The summed E-state index contributed by atoms with van der Waals surface area (Å²) < 4.78 is 0. The van der Waals surface area contributed by atoms with Crippen molar-refractivity contribution < 1.29 is 0 Å². The standard InChI is InChI=1S/C10H21N/c1-5-7-9(3)10(11-4)8-6-2/h11H,5-8H2,1-4H3/b10-9+. The van der Waals surface area contributed by atoms with Crippen molar-refractivity contribution in [3.63, 3.8) is 0 Å². The van der Waals surface area contributed by atoms with E-state index in [1.165, 1.54) is 37.0 Å². The zero-order valence-corrected chi connectivity index (χ0v) is 8.33. The SMILES string of the molecule is CCC/C(C)=C(\CCC)NC. The molecule has 0 amide bonds. The molecule has 1 N–H and O–H groups in total. The van der Waals surface area contributed by atoms with Gasteiger partial charge in [0.05, 0.1) is 0 Å². The summed E-state index contributed by atoms with van der Waals surface area (Å²) in [6, 6.07) is 0. The molecule has 0 unspecified atom stereocenters. The molecule has 0 bridgehead atoms. The lowest BCUT2D eigenvalue weighted by atomic mass is 10.1. The lowest BCUT2D eigenvalue weighted by molar-refractivity contribution is 0.769. The van der Waals surface area contributed by atoms with Gasteiger partial charge < -0.3 is 5.32 Å². The maximum Gasteiger partial charge on any atom is 0.00930 e. The smallest absolute Gasteiger partial charge is 0.00930 e. The van der Waals surface area contributed by atoms with Crippen LogP contribution in [0.25, 0.3) is 0 Å². The van der Waals surface area contributed by atoms with Crippen LogP contribution in [-0.4, -0.2) is 7.05 Å². The molecule has 0 aromatic rings. The van der Waals surface area contributed by atoms with Crippen molar-refractivity contribution in [3.05, 3.63) is 11.3 Å². The maximum atomic E-state index is 3.27. The third-order valence-corrected chi connectivity index (χ3v) is 1.94. The van der Waals surface area contributed by atoms with Gasteiger partial charge in [-0.05, 0) is 19.8 Å². The third kappa shape index (κ3) is 4.07. The highest BCUT2D eigenvalue weighted by atomic mass is 14.8. The molecule has 0 heterocycles. The fourth-order valence-electron chi connectivity index (χ4n) is 1.33. The van der Waals surface area contributed by atoms with Crippen LogP contribution in [-0.2, 0) is 0 Å². The van der Waals surface area contributed by atoms with E-state index in [0.717, 1.165) is 0 Å². The lowest BCUT2D eigenvalue weighted by Gasteiger charge is -2.09. The Balaban J connectivity index is 4.02. The zero-order valence-electron chi connectivity index (χ0n) is 8.33. The second kappa shape index (κ2) is 6.26. The van der Waals surface area contributed by atoms with Gasteiger partial charge in [0.25, 0.3) is 0 Å². The number of hydrogen-bond donors (Lipinski definition) is 1. The monoisotopic (exact) mass is 155 g/mol. The van der Waals surface area contributed by atoms with Gasteiger partial charge in [0.1, 0.15) is 0 Å². The molecule has 0 radical (unpaired) electrons. The van der Waals surface area contributed by atoms with Crippen LogP contribution < -0.4 is 5.32 Å². The van der Waals surface area contributed by atoms with Gasteiger partial charge in [-0.25, -0.2) is 0 Å².